The Morgan fingerprint density at radius 3 is 2.37 bits per heavy atom. The summed E-state index contributed by atoms with van der Waals surface area (Å²) in [6.07, 6.45) is 2.20. The van der Waals surface area contributed by atoms with Crippen LogP contribution in [-0.4, -0.2) is 64.6 Å². The zero-order valence-corrected chi connectivity index (χ0v) is 11.6. The number of carbonyl (C=O) groups is 1. The van der Waals surface area contributed by atoms with Crippen LogP contribution in [0.1, 0.15) is 26.7 Å². The van der Waals surface area contributed by atoms with Crippen molar-refractivity contribution in [3.05, 3.63) is 0 Å². The normalized spacial score (nSPS) is 22.4. The highest BCUT2D eigenvalue weighted by molar-refractivity contribution is 5.88. The van der Waals surface area contributed by atoms with Crippen molar-refractivity contribution >= 4 is 11.9 Å². The molecular weight excluding hydrogens is 246 g/mol. The first-order valence-electron chi connectivity index (χ1n) is 6.73. The largest absolute Gasteiger partial charge is 0.409 e. The van der Waals surface area contributed by atoms with E-state index in [0.29, 0.717) is 19.1 Å². The number of nitrogens with one attached hydrogen (secondary N) is 1. The summed E-state index contributed by atoms with van der Waals surface area (Å²) in [6, 6.07) is 0.419. The Morgan fingerprint density at radius 2 is 1.89 bits per heavy atom. The van der Waals surface area contributed by atoms with E-state index in [1.54, 1.807) is 0 Å². The summed E-state index contributed by atoms with van der Waals surface area (Å²) in [4.78, 5) is 15.9. The molecule has 0 aromatic rings. The molecule has 0 aromatic heterocycles. The Kier molecular flexibility index (Phi) is 3.84. The number of piperazine rings is 1. The zero-order valence-electron chi connectivity index (χ0n) is 11.6. The van der Waals surface area contributed by atoms with Crippen LogP contribution in [0, 0.1) is 0 Å². The van der Waals surface area contributed by atoms with E-state index < -0.39 is 5.54 Å². The maximum atomic E-state index is 11.9. The van der Waals surface area contributed by atoms with Gasteiger partial charge in [-0.25, -0.2) is 4.79 Å². The van der Waals surface area contributed by atoms with E-state index in [2.05, 4.69) is 15.4 Å². The molecule has 0 radical (unpaired) electrons. The molecule has 0 bridgehead atoms. The van der Waals surface area contributed by atoms with E-state index in [4.69, 9.17) is 10.9 Å². The Labute approximate surface area is 113 Å². The van der Waals surface area contributed by atoms with E-state index in [9.17, 15) is 4.79 Å². The molecule has 0 spiro atoms. The topological polar surface area (TPSA) is 94.2 Å². The van der Waals surface area contributed by atoms with Gasteiger partial charge < -0.3 is 21.2 Å². The van der Waals surface area contributed by atoms with Crippen LogP contribution in [0.2, 0.25) is 0 Å². The van der Waals surface area contributed by atoms with Crippen molar-refractivity contribution in [3.8, 4) is 0 Å². The van der Waals surface area contributed by atoms with Gasteiger partial charge in [-0.1, -0.05) is 5.16 Å². The lowest BCUT2D eigenvalue weighted by molar-refractivity contribution is 0.0951. The van der Waals surface area contributed by atoms with Gasteiger partial charge in [-0.2, -0.15) is 0 Å². The van der Waals surface area contributed by atoms with Crippen LogP contribution in [-0.2, 0) is 0 Å². The third-order valence-electron chi connectivity index (χ3n) is 4.00. The van der Waals surface area contributed by atoms with E-state index in [0.717, 1.165) is 25.9 Å². The first kappa shape index (κ1) is 13.9. The second-order valence-electron chi connectivity index (χ2n) is 5.74. The lowest BCUT2D eigenvalue weighted by Gasteiger charge is -2.43. The van der Waals surface area contributed by atoms with Crippen LogP contribution < -0.4 is 11.1 Å². The van der Waals surface area contributed by atoms with Gasteiger partial charge in [-0.05, 0) is 26.7 Å². The minimum absolute atomic E-state index is 0.0313. The molecule has 1 aliphatic carbocycles. The summed E-state index contributed by atoms with van der Waals surface area (Å²) in [6.45, 7) is 6.62. The number of amidine groups is 1. The minimum atomic E-state index is -0.492. The van der Waals surface area contributed by atoms with E-state index in [1.165, 1.54) is 0 Å². The summed E-state index contributed by atoms with van der Waals surface area (Å²) in [7, 11) is 0. The average Bonchev–Trinajstić information content (AvgIpc) is 3.21. The van der Waals surface area contributed by atoms with Crippen LogP contribution in [0.4, 0.5) is 4.79 Å². The number of carbonyl (C=O) groups excluding carboxylic acids is 1. The summed E-state index contributed by atoms with van der Waals surface area (Å²) in [5.41, 5.74) is 5.22. The van der Waals surface area contributed by atoms with Gasteiger partial charge in [0.15, 0.2) is 5.84 Å². The predicted octanol–water partition coefficient (Wildman–Crippen LogP) is 0.00100. The molecule has 19 heavy (non-hydrogen) atoms. The summed E-state index contributed by atoms with van der Waals surface area (Å²) >= 11 is 0. The third-order valence-corrected chi connectivity index (χ3v) is 4.00. The van der Waals surface area contributed by atoms with Gasteiger partial charge >= 0.3 is 6.03 Å². The van der Waals surface area contributed by atoms with Gasteiger partial charge in [-0.15, -0.1) is 0 Å². The molecule has 108 valence electrons. The molecule has 1 aliphatic heterocycles. The molecule has 1 heterocycles. The van der Waals surface area contributed by atoms with E-state index in [-0.39, 0.29) is 11.9 Å². The van der Waals surface area contributed by atoms with Gasteiger partial charge in [-0.3, -0.25) is 4.90 Å². The Bertz CT molecular complexity index is 370. The monoisotopic (exact) mass is 269 g/mol. The van der Waals surface area contributed by atoms with Crippen LogP contribution >= 0.6 is 0 Å². The van der Waals surface area contributed by atoms with Crippen molar-refractivity contribution in [1.29, 1.82) is 0 Å². The van der Waals surface area contributed by atoms with Crippen LogP contribution in [0.15, 0.2) is 5.16 Å². The maximum absolute atomic E-state index is 11.9. The molecule has 2 rings (SSSR count). The zero-order chi connectivity index (χ0) is 14.0. The predicted molar refractivity (Wildman–Crippen MR) is 72.2 cm³/mol. The fourth-order valence-electron chi connectivity index (χ4n) is 2.25. The van der Waals surface area contributed by atoms with Crippen molar-refractivity contribution in [1.82, 2.24) is 15.1 Å². The Balaban J connectivity index is 1.86. The standard InChI is InChI=1S/C12H23N5O2/c1-12(2,10(13)15-19)17-7-5-16(6-8-17)11(18)14-9-3-4-9/h9,19H,3-8H2,1-2H3,(H2,13,15)(H,14,18). The van der Waals surface area contributed by atoms with Crippen molar-refractivity contribution in [2.75, 3.05) is 26.2 Å². The first-order chi connectivity index (χ1) is 8.95. The average molecular weight is 269 g/mol. The summed E-state index contributed by atoms with van der Waals surface area (Å²) < 4.78 is 0. The molecule has 1 saturated carbocycles. The van der Waals surface area contributed by atoms with E-state index >= 15 is 0 Å². The second-order valence-corrected chi connectivity index (χ2v) is 5.74. The van der Waals surface area contributed by atoms with Crippen LogP contribution in [0.5, 0.6) is 0 Å². The van der Waals surface area contributed by atoms with Crippen molar-refractivity contribution in [3.63, 3.8) is 0 Å². The van der Waals surface area contributed by atoms with Crippen molar-refractivity contribution < 1.29 is 10.0 Å². The lowest BCUT2D eigenvalue weighted by Crippen LogP contribution is -2.61. The SMILES string of the molecule is CC(C)(C(N)=NO)N1CCN(C(=O)NC2CC2)CC1. The van der Waals surface area contributed by atoms with Gasteiger partial charge in [0.1, 0.15) is 0 Å². The molecule has 0 atom stereocenters. The highest BCUT2D eigenvalue weighted by Crippen LogP contribution is 2.20. The maximum Gasteiger partial charge on any atom is 0.317 e. The molecule has 7 heteroatoms. The molecule has 4 N–H and O–H groups in total. The molecule has 0 aromatic carbocycles. The van der Waals surface area contributed by atoms with Gasteiger partial charge in [0, 0.05) is 32.2 Å². The number of rotatable bonds is 3. The van der Waals surface area contributed by atoms with E-state index in [1.807, 2.05) is 18.7 Å². The molecule has 2 aliphatic rings. The molecular formula is C12H23N5O2. The Morgan fingerprint density at radius 1 is 1.32 bits per heavy atom. The number of nitrogens with two attached hydrogens (primary N) is 1. The molecule has 0 unspecified atom stereocenters. The number of hydrogen-bond donors (Lipinski definition) is 3. The number of oxime groups is 1. The van der Waals surface area contributed by atoms with Gasteiger partial charge in [0.2, 0.25) is 0 Å². The number of hydrogen-bond acceptors (Lipinski definition) is 4. The summed E-state index contributed by atoms with van der Waals surface area (Å²) in [5.74, 6) is 0.198. The number of urea groups is 1. The fourth-order valence-corrected chi connectivity index (χ4v) is 2.25. The number of nitrogens with zero attached hydrogens (tertiary/aromatic N) is 3. The molecule has 2 amide bonds. The van der Waals surface area contributed by atoms with Gasteiger partial charge in [0.25, 0.3) is 0 Å². The summed E-state index contributed by atoms with van der Waals surface area (Å²) in [5, 5.41) is 14.9. The third kappa shape index (κ3) is 3.09. The fraction of sp³-hybridized carbons (Fsp3) is 0.833. The minimum Gasteiger partial charge on any atom is -0.409 e. The molecule has 1 saturated heterocycles. The second kappa shape index (κ2) is 5.24. The molecule has 2 fully saturated rings. The quantitative estimate of drug-likeness (QED) is 0.291. The van der Waals surface area contributed by atoms with Crippen molar-refractivity contribution in [2.24, 2.45) is 10.9 Å². The Hall–Kier alpha value is -1.50. The highest BCUT2D eigenvalue weighted by atomic mass is 16.4. The molecule has 7 nitrogen and oxygen atoms in total. The van der Waals surface area contributed by atoms with Crippen LogP contribution in [0.25, 0.3) is 0 Å². The lowest BCUT2D eigenvalue weighted by atomic mass is 10.0. The van der Waals surface area contributed by atoms with Crippen molar-refractivity contribution in [2.45, 2.75) is 38.3 Å². The number of amides is 2. The van der Waals surface area contributed by atoms with Crippen LogP contribution in [0.3, 0.4) is 0 Å². The first-order valence-corrected chi connectivity index (χ1v) is 6.73. The smallest absolute Gasteiger partial charge is 0.317 e. The van der Waals surface area contributed by atoms with Gasteiger partial charge in [0.05, 0.1) is 5.54 Å². The highest BCUT2D eigenvalue weighted by Gasteiger charge is 2.35.